The van der Waals surface area contributed by atoms with Crippen molar-refractivity contribution in [3.8, 4) is 0 Å². The van der Waals surface area contributed by atoms with E-state index < -0.39 is 12.7 Å². The van der Waals surface area contributed by atoms with Gasteiger partial charge in [0.1, 0.15) is 5.60 Å². The number of ether oxygens (including phenoxy) is 2. The molecule has 2 saturated heterocycles. The highest BCUT2D eigenvalue weighted by molar-refractivity contribution is 6.62. The smallest absolute Gasteiger partial charge is 0.444 e. The molecule has 9 heteroatoms. The summed E-state index contributed by atoms with van der Waals surface area (Å²) in [7, 11) is -0.404. The molecule has 3 aliphatic rings. The molecule has 0 N–H and O–H groups in total. The third-order valence-electron chi connectivity index (χ3n) is 7.40. The number of likely N-dealkylation sites (tertiary alicyclic amines) is 1. The summed E-state index contributed by atoms with van der Waals surface area (Å²) in [6.45, 7) is 16.0. The monoisotopic (exact) mass is 461 g/mol. The molecule has 0 unspecified atom stereocenters. The van der Waals surface area contributed by atoms with E-state index >= 15 is 0 Å². The predicted octanol–water partition coefficient (Wildman–Crippen LogP) is 3.52. The summed E-state index contributed by atoms with van der Waals surface area (Å²) in [5, 5.41) is 4.59. The van der Waals surface area contributed by atoms with Gasteiger partial charge in [-0.05, 0) is 80.6 Å². The first-order valence-corrected chi connectivity index (χ1v) is 12.3. The summed E-state index contributed by atoms with van der Waals surface area (Å²) in [5.41, 5.74) is -0.451. The Labute approximate surface area is 198 Å². The Morgan fingerprint density at radius 1 is 1.15 bits per heavy atom. The summed E-state index contributed by atoms with van der Waals surface area (Å²) in [5.74, 6) is 0. The molecule has 1 aromatic rings. The van der Waals surface area contributed by atoms with Gasteiger partial charge in [-0.3, -0.25) is 4.68 Å². The first-order chi connectivity index (χ1) is 15.3. The van der Waals surface area contributed by atoms with E-state index in [4.69, 9.17) is 18.8 Å². The van der Waals surface area contributed by atoms with Crippen LogP contribution in [0.15, 0.2) is 12.4 Å². The fourth-order valence-electron chi connectivity index (χ4n) is 4.58. The molecule has 2 aliphatic heterocycles. The highest BCUT2D eigenvalue weighted by Crippen LogP contribution is 2.40. The Hall–Kier alpha value is -1.58. The Morgan fingerprint density at radius 3 is 2.27 bits per heavy atom. The Balaban J connectivity index is 1.32. The highest BCUT2D eigenvalue weighted by Gasteiger charge is 2.52. The van der Waals surface area contributed by atoms with Crippen molar-refractivity contribution in [3.63, 3.8) is 0 Å². The Morgan fingerprint density at radius 2 is 1.76 bits per heavy atom. The van der Waals surface area contributed by atoms with E-state index in [0.29, 0.717) is 13.1 Å². The van der Waals surface area contributed by atoms with E-state index in [1.807, 2.05) is 37.8 Å². The quantitative estimate of drug-likeness (QED) is 0.625. The average Bonchev–Trinajstić information content (AvgIpc) is 3.20. The summed E-state index contributed by atoms with van der Waals surface area (Å²) in [6.07, 6.45) is 8.69. The van der Waals surface area contributed by atoms with Crippen LogP contribution in [-0.4, -0.2) is 69.5 Å². The van der Waals surface area contributed by atoms with Gasteiger partial charge >= 0.3 is 13.2 Å². The molecule has 0 spiro atoms. The SMILES string of the molecule is CC(C)(C)OC(=O)N1CCC(OC2(Cn3cc(B4OC(C)(C)C(C)(C)O4)cn3)CCC2)CC1. The molecular formula is C24H40BN3O5. The third kappa shape index (κ3) is 5.41. The molecule has 0 bridgehead atoms. The lowest BCUT2D eigenvalue weighted by Gasteiger charge is -2.45. The van der Waals surface area contributed by atoms with Crippen molar-refractivity contribution in [2.24, 2.45) is 0 Å². The van der Waals surface area contributed by atoms with Crippen LogP contribution in [-0.2, 0) is 25.3 Å². The van der Waals surface area contributed by atoms with Gasteiger partial charge in [0.25, 0.3) is 0 Å². The van der Waals surface area contributed by atoms with Gasteiger partial charge in [0.15, 0.2) is 0 Å². The first kappa shape index (κ1) is 24.5. The average molecular weight is 461 g/mol. The zero-order valence-corrected chi connectivity index (χ0v) is 21.3. The maximum Gasteiger partial charge on any atom is 0.498 e. The minimum absolute atomic E-state index is 0.155. The Bertz CT molecular complexity index is 835. The number of carbonyl (C=O) groups excluding carboxylic acids is 1. The van der Waals surface area contributed by atoms with Crippen LogP contribution in [0.25, 0.3) is 0 Å². The zero-order valence-electron chi connectivity index (χ0n) is 21.3. The van der Waals surface area contributed by atoms with E-state index in [9.17, 15) is 4.79 Å². The number of hydrogen-bond donors (Lipinski definition) is 0. The van der Waals surface area contributed by atoms with Crippen LogP contribution in [0.1, 0.15) is 80.6 Å². The van der Waals surface area contributed by atoms with Crippen molar-refractivity contribution >= 4 is 18.7 Å². The summed E-state index contributed by atoms with van der Waals surface area (Å²) >= 11 is 0. The van der Waals surface area contributed by atoms with E-state index in [2.05, 4.69) is 32.8 Å². The molecular weight excluding hydrogens is 421 g/mol. The lowest BCUT2D eigenvalue weighted by molar-refractivity contribution is -0.160. The van der Waals surface area contributed by atoms with E-state index in [-0.39, 0.29) is 29.0 Å². The van der Waals surface area contributed by atoms with Gasteiger partial charge in [0.05, 0.1) is 29.5 Å². The van der Waals surface area contributed by atoms with Crippen LogP contribution in [0.5, 0.6) is 0 Å². The van der Waals surface area contributed by atoms with Crippen molar-refractivity contribution in [1.82, 2.24) is 14.7 Å². The molecule has 1 amide bonds. The molecule has 1 aromatic heterocycles. The van der Waals surface area contributed by atoms with Gasteiger partial charge in [-0.15, -0.1) is 0 Å². The molecule has 8 nitrogen and oxygen atoms in total. The van der Waals surface area contributed by atoms with Crippen molar-refractivity contribution in [1.29, 1.82) is 0 Å². The van der Waals surface area contributed by atoms with Crippen LogP contribution >= 0.6 is 0 Å². The van der Waals surface area contributed by atoms with Crippen LogP contribution in [0.3, 0.4) is 0 Å². The van der Waals surface area contributed by atoms with Crippen LogP contribution in [0.4, 0.5) is 4.79 Å². The van der Waals surface area contributed by atoms with Gasteiger partial charge < -0.3 is 23.7 Å². The molecule has 4 rings (SSSR count). The number of piperidine rings is 1. The van der Waals surface area contributed by atoms with Gasteiger partial charge in [0, 0.05) is 30.9 Å². The van der Waals surface area contributed by atoms with E-state index in [1.165, 1.54) is 6.42 Å². The Kier molecular flexibility index (Phi) is 6.38. The second kappa shape index (κ2) is 8.58. The number of rotatable bonds is 5. The summed E-state index contributed by atoms with van der Waals surface area (Å²) in [4.78, 5) is 14.1. The van der Waals surface area contributed by atoms with Crippen LogP contribution < -0.4 is 5.46 Å². The van der Waals surface area contributed by atoms with Crippen molar-refractivity contribution in [2.75, 3.05) is 13.1 Å². The van der Waals surface area contributed by atoms with Gasteiger partial charge in [0.2, 0.25) is 0 Å². The summed E-state index contributed by atoms with van der Waals surface area (Å²) in [6, 6.07) is 0. The molecule has 3 fully saturated rings. The topological polar surface area (TPSA) is 75.0 Å². The van der Waals surface area contributed by atoms with Gasteiger partial charge in [-0.1, -0.05) is 0 Å². The minimum Gasteiger partial charge on any atom is -0.444 e. The molecule has 33 heavy (non-hydrogen) atoms. The standard InChI is InChI=1S/C24H40BN3O5/c1-21(2,3)31-20(29)27-13-9-19(10-14-27)30-24(11-8-12-24)17-28-16-18(15-26-28)25-32-22(4,5)23(6,7)33-25/h15-16,19H,8-14,17H2,1-7H3. The third-order valence-corrected chi connectivity index (χ3v) is 7.40. The van der Waals surface area contributed by atoms with Crippen LogP contribution in [0, 0.1) is 0 Å². The lowest BCUT2D eigenvalue weighted by Crippen LogP contribution is -2.50. The molecule has 1 saturated carbocycles. The number of nitrogens with zero attached hydrogens (tertiary/aromatic N) is 3. The zero-order chi connectivity index (χ0) is 24.1. The molecule has 1 aliphatic carbocycles. The molecule has 0 radical (unpaired) electrons. The predicted molar refractivity (Wildman–Crippen MR) is 126 cm³/mol. The second-order valence-corrected chi connectivity index (χ2v) is 11.9. The number of carbonyl (C=O) groups is 1. The lowest BCUT2D eigenvalue weighted by atomic mass is 9.79. The fourth-order valence-corrected chi connectivity index (χ4v) is 4.58. The molecule has 184 valence electrons. The maximum absolute atomic E-state index is 12.3. The van der Waals surface area contributed by atoms with Crippen molar-refractivity contribution < 1.29 is 23.6 Å². The first-order valence-electron chi connectivity index (χ1n) is 12.3. The van der Waals surface area contributed by atoms with Crippen LogP contribution in [0.2, 0.25) is 0 Å². The number of hydrogen-bond acceptors (Lipinski definition) is 6. The normalized spacial score (nSPS) is 24.6. The molecule has 0 atom stereocenters. The maximum atomic E-state index is 12.3. The number of amides is 1. The van der Waals surface area contributed by atoms with Crippen molar-refractivity contribution in [3.05, 3.63) is 12.4 Å². The van der Waals surface area contributed by atoms with Crippen molar-refractivity contribution in [2.45, 2.75) is 116 Å². The van der Waals surface area contributed by atoms with E-state index in [0.717, 1.165) is 37.7 Å². The van der Waals surface area contributed by atoms with Gasteiger partial charge in [-0.2, -0.15) is 5.10 Å². The van der Waals surface area contributed by atoms with E-state index in [1.54, 1.807) is 4.90 Å². The molecule has 0 aromatic carbocycles. The fraction of sp³-hybridized carbons (Fsp3) is 0.833. The summed E-state index contributed by atoms with van der Waals surface area (Å²) < 4.78 is 26.5. The number of aromatic nitrogens is 2. The second-order valence-electron chi connectivity index (χ2n) is 11.9. The minimum atomic E-state index is -0.469. The molecule has 3 heterocycles. The van der Waals surface area contributed by atoms with Gasteiger partial charge in [-0.25, -0.2) is 4.79 Å². The highest BCUT2D eigenvalue weighted by atomic mass is 16.7. The largest absolute Gasteiger partial charge is 0.498 e.